The van der Waals surface area contributed by atoms with Crippen LogP contribution in [-0.4, -0.2) is 48.9 Å². The number of rotatable bonds is 7. The predicted octanol–water partition coefficient (Wildman–Crippen LogP) is 3.02. The second-order valence-corrected chi connectivity index (χ2v) is 7.02. The Morgan fingerprint density at radius 2 is 1.86 bits per heavy atom. The van der Waals surface area contributed by atoms with Gasteiger partial charge in [0.1, 0.15) is 6.54 Å². The highest BCUT2D eigenvalue weighted by Gasteiger charge is 2.22. The highest BCUT2D eigenvalue weighted by Crippen LogP contribution is 2.18. The molecule has 29 heavy (non-hydrogen) atoms. The van der Waals surface area contributed by atoms with Crippen molar-refractivity contribution in [3.63, 3.8) is 0 Å². The third-order valence-electron chi connectivity index (χ3n) is 4.82. The van der Waals surface area contributed by atoms with Crippen LogP contribution in [0.5, 0.6) is 0 Å². The van der Waals surface area contributed by atoms with E-state index in [1.165, 1.54) is 0 Å². The Bertz CT molecular complexity index is 895. The van der Waals surface area contributed by atoms with Crippen LogP contribution in [0, 0.1) is 6.92 Å². The lowest BCUT2D eigenvalue weighted by atomic mass is 10.1. The minimum atomic E-state index is -0.230. The van der Waals surface area contributed by atoms with Crippen LogP contribution in [-0.2, 0) is 4.79 Å². The summed E-state index contributed by atoms with van der Waals surface area (Å²) in [5.41, 5.74) is 2.95. The molecule has 0 spiro atoms. The molecule has 1 fully saturated rings. The van der Waals surface area contributed by atoms with E-state index in [2.05, 4.69) is 10.6 Å². The molecule has 0 saturated carbocycles. The summed E-state index contributed by atoms with van der Waals surface area (Å²) in [6.45, 7) is 5.57. The van der Waals surface area contributed by atoms with Crippen molar-refractivity contribution >= 4 is 29.2 Å². The van der Waals surface area contributed by atoms with E-state index in [1.807, 2.05) is 38.1 Å². The normalized spacial score (nSPS) is 13.2. The minimum Gasteiger partial charge on any atom is -0.336 e. The SMILES string of the molecule is CCCN(CC(=O)Nc1ccccc1C)C(=O)c1ccc(N2CCNC2=O)cc1. The second-order valence-electron chi connectivity index (χ2n) is 7.02. The first-order chi connectivity index (χ1) is 14.0. The summed E-state index contributed by atoms with van der Waals surface area (Å²) in [7, 11) is 0. The summed E-state index contributed by atoms with van der Waals surface area (Å²) in [5, 5.41) is 5.63. The summed E-state index contributed by atoms with van der Waals surface area (Å²) in [4.78, 5) is 40.4. The van der Waals surface area contributed by atoms with Gasteiger partial charge in [0.2, 0.25) is 5.91 Å². The van der Waals surface area contributed by atoms with Crippen LogP contribution in [0.15, 0.2) is 48.5 Å². The van der Waals surface area contributed by atoms with Crippen molar-refractivity contribution < 1.29 is 14.4 Å². The predicted molar refractivity (Wildman–Crippen MR) is 113 cm³/mol. The highest BCUT2D eigenvalue weighted by atomic mass is 16.2. The number of carbonyl (C=O) groups is 3. The van der Waals surface area contributed by atoms with E-state index in [9.17, 15) is 14.4 Å². The monoisotopic (exact) mass is 394 g/mol. The van der Waals surface area contributed by atoms with Crippen molar-refractivity contribution in [2.75, 3.05) is 36.4 Å². The van der Waals surface area contributed by atoms with E-state index in [0.29, 0.717) is 25.2 Å². The van der Waals surface area contributed by atoms with Gasteiger partial charge in [-0.1, -0.05) is 25.1 Å². The molecular weight excluding hydrogens is 368 g/mol. The molecule has 152 valence electrons. The number of nitrogens with one attached hydrogen (secondary N) is 2. The summed E-state index contributed by atoms with van der Waals surface area (Å²) < 4.78 is 0. The number of aryl methyl sites for hydroxylation is 1. The minimum absolute atomic E-state index is 0.0166. The Hall–Kier alpha value is -3.35. The van der Waals surface area contributed by atoms with Gasteiger partial charge >= 0.3 is 6.03 Å². The van der Waals surface area contributed by atoms with Crippen LogP contribution in [0.3, 0.4) is 0 Å². The van der Waals surface area contributed by atoms with Crippen molar-refractivity contribution in [2.24, 2.45) is 0 Å². The van der Waals surface area contributed by atoms with Gasteiger partial charge in [0, 0.05) is 36.6 Å². The van der Waals surface area contributed by atoms with E-state index in [4.69, 9.17) is 0 Å². The number of benzene rings is 2. The molecule has 2 aromatic rings. The molecule has 7 nitrogen and oxygen atoms in total. The van der Waals surface area contributed by atoms with E-state index in [0.717, 1.165) is 23.4 Å². The molecule has 1 saturated heterocycles. The summed E-state index contributed by atoms with van der Waals surface area (Å²) in [5.74, 6) is -0.435. The molecule has 1 aliphatic rings. The number of amides is 4. The molecule has 7 heteroatoms. The van der Waals surface area contributed by atoms with Crippen molar-refractivity contribution in [1.82, 2.24) is 10.2 Å². The fourth-order valence-corrected chi connectivity index (χ4v) is 3.28. The number of carbonyl (C=O) groups excluding carboxylic acids is 3. The van der Waals surface area contributed by atoms with Crippen molar-refractivity contribution in [3.8, 4) is 0 Å². The molecule has 0 aliphatic carbocycles. The number of hydrogen-bond donors (Lipinski definition) is 2. The van der Waals surface area contributed by atoms with Gasteiger partial charge in [-0.25, -0.2) is 4.79 Å². The topological polar surface area (TPSA) is 81.8 Å². The number of para-hydroxylation sites is 1. The maximum atomic E-state index is 12.9. The highest BCUT2D eigenvalue weighted by molar-refractivity contribution is 6.00. The average Bonchev–Trinajstić information content (AvgIpc) is 3.15. The molecule has 0 atom stereocenters. The Morgan fingerprint density at radius 1 is 1.14 bits per heavy atom. The van der Waals surface area contributed by atoms with E-state index in [1.54, 1.807) is 34.1 Å². The third kappa shape index (κ3) is 4.93. The molecule has 2 N–H and O–H groups in total. The molecule has 0 bridgehead atoms. The van der Waals surface area contributed by atoms with Gasteiger partial charge in [0.15, 0.2) is 0 Å². The maximum Gasteiger partial charge on any atom is 0.321 e. The summed E-state index contributed by atoms with van der Waals surface area (Å²) >= 11 is 0. The van der Waals surface area contributed by atoms with Crippen molar-refractivity contribution in [1.29, 1.82) is 0 Å². The third-order valence-corrected chi connectivity index (χ3v) is 4.82. The number of anilines is 2. The quantitative estimate of drug-likeness (QED) is 0.757. The first-order valence-electron chi connectivity index (χ1n) is 9.79. The second kappa shape index (κ2) is 9.23. The van der Waals surface area contributed by atoms with Crippen LogP contribution in [0.2, 0.25) is 0 Å². The van der Waals surface area contributed by atoms with Gasteiger partial charge in [-0.3, -0.25) is 14.5 Å². The fraction of sp³-hybridized carbons (Fsp3) is 0.318. The van der Waals surface area contributed by atoms with Crippen molar-refractivity contribution in [3.05, 3.63) is 59.7 Å². The lowest BCUT2D eigenvalue weighted by Crippen LogP contribution is -2.38. The van der Waals surface area contributed by atoms with Crippen molar-refractivity contribution in [2.45, 2.75) is 20.3 Å². The maximum absolute atomic E-state index is 12.9. The molecule has 4 amide bonds. The number of urea groups is 1. The van der Waals surface area contributed by atoms with Crippen LogP contribution in [0.4, 0.5) is 16.2 Å². The molecule has 2 aromatic carbocycles. The largest absolute Gasteiger partial charge is 0.336 e. The first kappa shape index (κ1) is 20.4. The Balaban J connectivity index is 1.68. The smallest absolute Gasteiger partial charge is 0.321 e. The van der Waals surface area contributed by atoms with Gasteiger partial charge in [-0.05, 0) is 49.2 Å². The van der Waals surface area contributed by atoms with Crippen LogP contribution in [0.1, 0.15) is 29.3 Å². The Kier molecular flexibility index (Phi) is 6.49. The van der Waals surface area contributed by atoms with Gasteiger partial charge < -0.3 is 15.5 Å². The van der Waals surface area contributed by atoms with E-state index >= 15 is 0 Å². The van der Waals surface area contributed by atoms with Crippen LogP contribution in [0.25, 0.3) is 0 Å². The lowest BCUT2D eigenvalue weighted by Gasteiger charge is -2.22. The molecule has 0 radical (unpaired) electrons. The zero-order valence-corrected chi connectivity index (χ0v) is 16.8. The summed E-state index contributed by atoms with van der Waals surface area (Å²) in [6, 6.07) is 14.3. The van der Waals surface area contributed by atoms with Crippen LogP contribution < -0.4 is 15.5 Å². The van der Waals surface area contributed by atoms with Crippen LogP contribution >= 0.6 is 0 Å². The lowest BCUT2D eigenvalue weighted by molar-refractivity contribution is -0.116. The van der Waals surface area contributed by atoms with E-state index in [-0.39, 0.29) is 24.4 Å². The standard InChI is InChI=1S/C22H26N4O3/c1-3-13-25(15-20(27)24-19-7-5-4-6-16(19)2)21(28)17-8-10-18(11-9-17)26-14-12-23-22(26)29/h4-11H,3,12-15H2,1-2H3,(H,23,29)(H,24,27). The first-order valence-corrected chi connectivity index (χ1v) is 9.79. The Labute approximate surface area is 170 Å². The average molecular weight is 394 g/mol. The molecule has 0 aromatic heterocycles. The summed E-state index contributed by atoms with van der Waals surface area (Å²) in [6.07, 6.45) is 0.745. The van der Waals surface area contributed by atoms with Gasteiger partial charge in [0.25, 0.3) is 5.91 Å². The zero-order valence-electron chi connectivity index (χ0n) is 16.8. The Morgan fingerprint density at radius 3 is 2.48 bits per heavy atom. The number of hydrogen-bond acceptors (Lipinski definition) is 3. The zero-order chi connectivity index (χ0) is 20.8. The molecule has 0 unspecified atom stereocenters. The molecular formula is C22H26N4O3. The molecule has 3 rings (SSSR count). The fourth-order valence-electron chi connectivity index (χ4n) is 3.28. The number of nitrogens with zero attached hydrogens (tertiary/aromatic N) is 2. The van der Waals surface area contributed by atoms with Gasteiger partial charge in [-0.15, -0.1) is 0 Å². The van der Waals surface area contributed by atoms with E-state index < -0.39 is 0 Å². The van der Waals surface area contributed by atoms with Gasteiger partial charge in [-0.2, -0.15) is 0 Å². The molecule has 1 aliphatic heterocycles. The van der Waals surface area contributed by atoms with Gasteiger partial charge in [0.05, 0.1) is 0 Å². The molecule has 1 heterocycles.